The number of hydrogen-bond donors (Lipinski definition) is 0. The van der Waals surface area contributed by atoms with Gasteiger partial charge in [0.05, 0.1) is 0 Å². The van der Waals surface area contributed by atoms with Crippen molar-refractivity contribution in [3.63, 3.8) is 0 Å². The van der Waals surface area contributed by atoms with Gasteiger partial charge in [-0.05, 0) is 43.4 Å². The molecular formula is C17H29N. The Balaban J connectivity index is 2.98. The second-order valence-electron chi connectivity index (χ2n) is 6.44. The van der Waals surface area contributed by atoms with E-state index in [-0.39, 0.29) is 5.41 Å². The summed E-state index contributed by atoms with van der Waals surface area (Å²) in [6, 6.07) is 9.59. The van der Waals surface area contributed by atoms with Crippen LogP contribution in [0.4, 0.5) is 5.69 Å². The van der Waals surface area contributed by atoms with Crippen molar-refractivity contribution in [3.8, 4) is 0 Å². The first-order valence-corrected chi connectivity index (χ1v) is 7.23. The average Bonchev–Trinajstić information content (AvgIpc) is 2.28. The second-order valence-corrected chi connectivity index (χ2v) is 6.44. The Hall–Kier alpha value is -0.980. The molecule has 0 spiro atoms. The van der Waals surface area contributed by atoms with E-state index in [0.29, 0.717) is 6.04 Å². The number of hydrogen-bond acceptors (Lipinski definition) is 1. The molecule has 102 valence electrons. The molecule has 1 aromatic carbocycles. The van der Waals surface area contributed by atoms with Gasteiger partial charge in [0.25, 0.3) is 0 Å². The summed E-state index contributed by atoms with van der Waals surface area (Å²) in [7, 11) is 0. The molecular weight excluding hydrogens is 218 g/mol. The number of benzene rings is 1. The fraction of sp³-hybridized carbons (Fsp3) is 0.647. The van der Waals surface area contributed by atoms with E-state index in [1.165, 1.54) is 24.1 Å². The third-order valence-corrected chi connectivity index (χ3v) is 3.42. The zero-order valence-corrected chi connectivity index (χ0v) is 13.0. The minimum Gasteiger partial charge on any atom is -0.369 e. The average molecular weight is 247 g/mol. The van der Waals surface area contributed by atoms with Gasteiger partial charge in [0.15, 0.2) is 0 Å². The summed E-state index contributed by atoms with van der Waals surface area (Å²) in [5, 5.41) is 0. The van der Waals surface area contributed by atoms with Crippen LogP contribution in [0.5, 0.6) is 0 Å². The third kappa shape index (κ3) is 4.04. The Morgan fingerprint density at radius 2 is 1.83 bits per heavy atom. The summed E-state index contributed by atoms with van der Waals surface area (Å²) in [4.78, 5) is 2.51. The van der Waals surface area contributed by atoms with E-state index in [4.69, 9.17) is 0 Å². The lowest BCUT2D eigenvalue weighted by Gasteiger charge is -2.30. The summed E-state index contributed by atoms with van der Waals surface area (Å²) < 4.78 is 0. The normalized spacial score (nSPS) is 11.9. The van der Waals surface area contributed by atoms with Crippen molar-refractivity contribution < 1.29 is 0 Å². The standard InChI is InChI=1S/C17H29N/c1-7-8-12-18(14(2)3)16-11-9-10-15(13-16)17(4,5)6/h9-11,13-14H,7-8,12H2,1-6H3. The summed E-state index contributed by atoms with van der Waals surface area (Å²) >= 11 is 0. The minimum atomic E-state index is 0.226. The molecule has 1 rings (SSSR count). The molecule has 0 N–H and O–H groups in total. The maximum Gasteiger partial charge on any atom is 0.0371 e. The highest BCUT2D eigenvalue weighted by atomic mass is 15.1. The van der Waals surface area contributed by atoms with Gasteiger partial charge in [0.2, 0.25) is 0 Å². The van der Waals surface area contributed by atoms with Crippen molar-refractivity contribution in [1.82, 2.24) is 0 Å². The Morgan fingerprint density at radius 1 is 1.17 bits per heavy atom. The number of anilines is 1. The van der Waals surface area contributed by atoms with Crippen LogP contribution in [0.3, 0.4) is 0 Å². The van der Waals surface area contributed by atoms with Gasteiger partial charge < -0.3 is 4.90 Å². The monoisotopic (exact) mass is 247 g/mol. The van der Waals surface area contributed by atoms with Crippen LogP contribution in [-0.2, 0) is 5.41 Å². The van der Waals surface area contributed by atoms with Gasteiger partial charge in [0.1, 0.15) is 0 Å². The third-order valence-electron chi connectivity index (χ3n) is 3.42. The summed E-state index contributed by atoms with van der Waals surface area (Å²) in [5.41, 5.74) is 3.01. The lowest BCUT2D eigenvalue weighted by molar-refractivity contribution is 0.588. The molecule has 18 heavy (non-hydrogen) atoms. The molecule has 0 amide bonds. The van der Waals surface area contributed by atoms with Crippen molar-refractivity contribution in [3.05, 3.63) is 29.8 Å². The molecule has 0 bridgehead atoms. The Morgan fingerprint density at radius 3 is 2.33 bits per heavy atom. The number of nitrogens with zero attached hydrogens (tertiary/aromatic N) is 1. The van der Waals surface area contributed by atoms with Crippen LogP contribution in [-0.4, -0.2) is 12.6 Å². The van der Waals surface area contributed by atoms with Gasteiger partial charge in [-0.25, -0.2) is 0 Å². The van der Waals surface area contributed by atoms with Crippen LogP contribution in [0, 0.1) is 0 Å². The maximum atomic E-state index is 2.51. The molecule has 0 unspecified atom stereocenters. The SMILES string of the molecule is CCCCN(c1cccc(C(C)(C)C)c1)C(C)C. The molecule has 0 fully saturated rings. The van der Waals surface area contributed by atoms with E-state index in [9.17, 15) is 0 Å². The largest absolute Gasteiger partial charge is 0.369 e. The first-order valence-electron chi connectivity index (χ1n) is 7.23. The molecule has 0 aliphatic rings. The summed E-state index contributed by atoms with van der Waals surface area (Å²) in [6.45, 7) is 14.8. The van der Waals surface area contributed by atoms with Gasteiger partial charge in [-0.3, -0.25) is 0 Å². The molecule has 1 nitrogen and oxygen atoms in total. The van der Waals surface area contributed by atoms with Crippen LogP contribution in [0.1, 0.15) is 59.9 Å². The van der Waals surface area contributed by atoms with Gasteiger partial charge in [0, 0.05) is 18.3 Å². The minimum absolute atomic E-state index is 0.226. The van der Waals surface area contributed by atoms with Crippen molar-refractivity contribution in [2.45, 2.75) is 65.8 Å². The highest BCUT2D eigenvalue weighted by Crippen LogP contribution is 2.27. The van der Waals surface area contributed by atoms with Crippen LogP contribution in [0.25, 0.3) is 0 Å². The predicted molar refractivity (Wildman–Crippen MR) is 82.5 cm³/mol. The highest BCUT2D eigenvalue weighted by molar-refractivity contribution is 5.50. The molecule has 1 heteroatoms. The molecule has 0 saturated heterocycles. The van der Waals surface area contributed by atoms with E-state index < -0.39 is 0 Å². The lowest BCUT2D eigenvalue weighted by atomic mass is 9.87. The smallest absolute Gasteiger partial charge is 0.0371 e. The second kappa shape index (κ2) is 6.26. The molecule has 1 aromatic rings. The topological polar surface area (TPSA) is 3.24 Å². The van der Waals surface area contributed by atoms with E-state index in [0.717, 1.165) is 6.54 Å². The van der Waals surface area contributed by atoms with Crippen molar-refractivity contribution in [2.75, 3.05) is 11.4 Å². The fourth-order valence-corrected chi connectivity index (χ4v) is 2.16. The van der Waals surface area contributed by atoms with Crippen molar-refractivity contribution >= 4 is 5.69 Å². The molecule has 0 saturated carbocycles. The molecule has 0 heterocycles. The van der Waals surface area contributed by atoms with E-state index in [1.54, 1.807) is 0 Å². The fourth-order valence-electron chi connectivity index (χ4n) is 2.16. The first-order chi connectivity index (χ1) is 8.36. The molecule has 0 aliphatic heterocycles. The van der Waals surface area contributed by atoms with E-state index in [1.807, 2.05) is 0 Å². The molecule has 0 radical (unpaired) electrons. The Kier molecular flexibility index (Phi) is 5.25. The van der Waals surface area contributed by atoms with Crippen molar-refractivity contribution in [1.29, 1.82) is 0 Å². The van der Waals surface area contributed by atoms with Crippen LogP contribution in [0.15, 0.2) is 24.3 Å². The van der Waals surface area contributed by atoms with E-state index >= 15 is 0 Å². The van der Waals surface area contributed by atoms with Crippen LogP contribution >= 0.6 is 0 Å². The van der Waals surface area contributed by atoms with Crippen LogP contribution < -0.4 is 4.90 Å². The molecule has 0 aliphatic carbocycles. The number of unbranched alkanes of at least 4 members (excludes halogenated alkanes) is 1. The van der Waals surface area contributed by atoms with E-state index in [2.05, 4.69) is 70.7 Å². The molecule has 0 aromatic heterocycles. The zero-order chi connectivity index (χ0) is 13.8. The Labute approximate surface area is 113 Å². The highest BCUT2D eigenvalue weighted by Gasteiger charge is 2.16. The van der Waals surface area contributed by atoms with Gasteiger partial charge in [-0.1, -0.05) is 46.2 Å². The Bertz CT molecular complexity index is 360. The van der Waals surface area contributed by atoms with Gasteiger partial charge >= 0.3 is 0 Å². The van der Waals surface area contributed by atoms with Gasteiger partial charge in [-0.15, -0.1) is 0 Å². The van der Waals surface area contributed by atoms with Crippen molar-refractivity contribution in [2.24, 2.45) is 0 Å². The van der Waals surface area contributed by atoms with Crippen LogP contribution in [0.2, 0.25) is 0 Å². The first kappa shape index (κ1) is 15.1. The van der Waals surface area contributed by atoms with Gasteiger partial charge in [-0.2, -0.15) is 0 Å². The summed E-state index contributed by atoms with van der Waals surface area (Å²) in [6.07, 6.45) is 2.51. The molecule has 0 atom stereocenters. The number of rotatable bonds is 5. The zero-order valence-electron chi connectivity index (χ0n) is 13.0. The summed E-state index contributed by atoms with van der Waals surface area (Å²) in [5.74, 6) is 0. The maximum absolute atomic E-state index is 2.51. The lowest BCUT2D eigenvalue weighted by Crippen LogP contribution is -2.32. The quantitative estimate of drug-likeness (QED) is 0.708. The predicted octanol–water partition coefficient (Wildman–Crippen LogP) is 5.00.